The molecule has 0 amide bonds. The molecule has 1 aromatic carbocycles. The minimum atomic E-state index is -0.0743. The smallest absolute Gasteiger partial charge is 0.104 e. The molecular formula is C18H19NOS. The Hall–Kier alpha value is -1.60. The number of aliphatic hydroxyl groups is 1. The van der Waals surface area contributed by atoms with E-state index in [0.29, 0.717) is 5.92 Å². The minimum absolute atomic E-state index is 0.0743. The fraction of sp³-hybridized carbons (Fsp3) is 0.333. The molecule has 108 valence electrons. The van der Waals surface area contributed by atoms with E-state index in [-0.39, 0.29) is 6.61 Å². The van der Waals surface area contributed by atoms with Gasteiger partial charge >= 0.3 is 0 Å². The number of nitrogens with zero attached hydrogens (tertiary/aromatic N) is 1. The first-order valence-corrected chi connectivity index (χ1v) is 8.18. The molecule has 0 spiro atoms. The largest absolute Gasteiger partial charge is 0.384 e. The standard InChI is InChI=1S/C18H19NOS/c20-11-4-7-16-9-12-21-18(16)14-19-10-8-17(13-19)15-5-2-1-3-6-15/h1-3,5-6,9,12,17,20H,8,10-11,13-14H2. The maximum Gasteiger partial charge on any atom is 0.104 e. The molecule has 1 N–H and O–H groups in total. The van der Waals surface area contributed by atoms with Gasteiger partial charge in [0.05, 0.1) is 0 Å². The van der Waals surface area contributed by atoms with Crippen LogP contribution in [0.4, 0.5) is 0 Å². The average molecular weight is 297 g/mol. The van der Waals surface area contributed by atoms with E-state index in [1.807, 2.05) is 6.07 Å². The van der Waals surface area contributed by atoms with Crippen molar-refractivity contribution in [2.24, 2.45) is 0 Å². The predicted octanol–water partition coefficient (Wildman–Crippen LogP) is 3.08. The van der Waals surface area contributed by atoms with Gasteiger partial charge in [0, 0.05) is 23.5 Å². The van der Waals surface area contributed by atoms with Crippen LogP contribution in [0.5, 0.6) is 0 Å². The molecule has 1 fully saturated rings. The van der Waals surface area contributed by atoms with Crippen LogP contribution in [0.2, 0.25) is 0 Å². The van der Waals surface area contributed by atoms with E-state index >= 15 is 0 Å². The maximum atomic E-state index is 8.82. The SMILES string of the molecule is OCC#Cc1ccsc1CN1CCC(c2ccccc2)C1. The van der Waals surface area contributed by atoms with Crippen LogP contribution in [-0.4, -0.2) is 29.7 Å². The Bertz CT molecular complexity index is 638. The number of benzene rings is 1. The number of hydrogen-bond acceptors (Lipinski definition) is 3. The van der Waals surface area contributed by atoms with E-state index in [2.05, 4.69) is 52.5 Å². The van der Waals surface area contributed by atoms with Gasteiger partial charge in [0.1, 0.15) is 6.61 Å². The summed E-state index contributed by atoms with van der Waals surface area (Å²) in [7, 11) is 0. The normalized spacial score (nSPS) is 18.4. The van der Waals surface area contributed by atoms with Gasteiger partial charge in [-0.2, -0.15) is 0 Å². The third-order valence-electron chi connectivity index (χ3n) is 3.96. The van der Waals surface area contributed by atoms with Crippen molar-refractivity contribution in [3.05, 3.63) is 57.8 Å². The first-order chi connectivity index (χ1) is 10.4. The number of thiophene rings is 1. The molecule has 0 radical (unpaired) electrons. The summed E-state index contributed by atoms with van der Waals surface area (Å²) >= 11 is 1.76. The fourth-order valence-electron chi connectivity index (χ4n) is 2.89. The van der Waals surface area contributed by atoms with Gasteiger partial charge < -0.3 is 5.11 Å². The Kier molecular flexibility index (Phi) is 4.72. The van der Waals surface area contributed by atoms with Crippen LogP contribution in [0.25, 0.3) is 0 Å². The molecule has 1 unspecified atom stereocenters. The number of hydrogen-bond donors (Lipinski definition) is 1. The van der Waals surface area contributed by atoms with Gasteiger partial charge in [-0.25, -0.2) is 0 Å². The second-order valence-electron chi connectivity index (χ2n) is 5.35. The van der Waals surface area contributed by atoms with Crippen molar-refractivity contribution in [3.63, 3.8) is 0 Å². The lowest BCUT2D eigenvalue weighted by atomic mass is 9.99. The second kappa shape index (κ2) is 6.91. The molecule has 2 heterocycles. The molecule has 2 aromatic rings. The molecule has 1 saturated heterocycles. The van der Waals surface area contributed by atoms with Gasteiger partial charge in [-0.15, -0.1) is 11.3 Å². The zero-order valence-corrected chi connectivity index (χ0v) is 12.8. The van der Waals surface area contributed by atoms with Crippen molar-refractivity contribution in [3.8, 4) is 11.8 Å². The van der Waals surface area contributed by atoms with E-state index in [4.69, 9.17) is 5.11 Å². The van der Waals surface area contributed by atoms with Gasteiger partial charge in [0.15, 0.2) is 0 Å². The molecule has 3 rings (SSSR count). The first-order valence-electron chi connectivity index (χ1n) is 7.30. The van der Waals surface area contributed by atoms with Crippen molar-refractivity contribution in [1.29, 1.82) is 0 Å². The summed E-state index contributed by atoms with van der Waals surface area (Å²) < 4.78 is 0. The van der Waals surface area contributed by atoms with Crippen LogP contribution < -0.4 is 0 Å². The Morgan fingerprint density at radius 3 is 2.90 bits per heavy atom. The maximum absolute atomic E-state index is 8.82. The lowest BCUT2D eigenvalue weighted by molar-refractivity contribution is 0.329. The summed E-state index contributed by atoms with van der Waals surface area (Å²) in [5.41, 5.74) is 2.52. The lowest BCUT2D eigenvalue weighted by Crippen LogP contribution is -2.19. The first kappa shape index (κ1) is 14.3. The molecule has 1 aromatic heterocycles. The highest BCUT2D eigenvalue weighted by molar-refractivity contribution is 7.10. The minimum Gasteiger partial charge on any atom is -0.384 e. The summed E-state index contributed by atoms with van der Waals surface area (Å²) in [6.07, 6.45) is 1.23. The van der Waals surface area contributed by atoms with Crippen LogP contribution in [0.3, 0.4) is 0 Å². The predicted molar refractivity (Wildman–Crippen MR) is 87.4 cm³/mol. The molecule has 1 atom stereocenters. The van der Waals surface area contributed by atoms with Gasteiger partial charge in [-0.1, -0.05) is 42.2 Å². The Labute approximate surface area is 130 Å². The molecule has 3 heteroatoms. The van der Waals surface area contributed by atoms with E-state index in [0.717, 1.165) is 25.2 Å². The zero-order chi connectivity index (χ0) is 14.5. The van der Waals surface area contributed by atoms with Crippen LogP contribution in [-0.2, 0) is 6.54 Å². The van der Waals surface area contributed by atoms with Gasteiger partial charge in [-0.3, -0.25) is 4.90 Å². The van der Waals surface area contributed by atoms with Crippen molar-refractivity contribution in [2.75, 3.05) is 19.7 Å². The van der Waals surface area contributed by atoms with E-state index in [1.165, 1.54) is 16.9 Å². The molecule has 2 nitrogen and oxygen atoms in total. The molecule has 0 bridgehead atoms. The lowest BCUT2D eigenvalue weighted by Gasteiger charge is -2.15. The Balaban J connectivity index is 1.64. The summed E-state index contributed by atoms with van der Waals surface area (Å²) in [6.45, 7) is 3.16. The Morgan fingerprint density at radius 2 is 2.10 bits per heavy atom. The molecular weight excluding hydrogens is 278 g/mol. The third-order valence-corrected chi connectivity index (χ3v) is 4.86. The highest BCUT2D eigenvalue weighted by Crippen LogP contribution is 2.29. The van der Waals surface area contributed by atoms with Gasteiger partial charge in [0.25, 0.3) is 0 Å². The average Bonchev–Trinajstić information content (AvgIpc) is 3.16. The zero-order valence-electron chi connectivity index (χ0n) is 12.0. The fourth-order valence-corrected chi connectivity index (χ4v) is 3.76. The van der Waals surface area contributed by atoms with Crippen LogP contribution >= 0.6 is 11.3 Å². The van der Waals surface area contributed by atoms with E-state index in [9.17, 15) is 0 Å². The quantitative estimate of drug-likeness (QED) is 0.880. The van der Waals surface area contributed by atoms with Crippen molar-refractivity contribution >= 4 is 11.3 Å². The summed E-state index contributed by atoms with van der Waals surface area (Å²) in [5, 5.41) is 10.9. The highest BCUT2D eigenvalue weighted by Gasteiger charge is 2.24. The molecule has 21 heavy (non-hydrogen) atoms. The van der Waals surface area contributed by atoms with Crippen molar-refractivity contribution in [2.45, 2.75) is 18.9 Å². The number of likely N-dealkylation sites (tertiary alicyclic amines) is 1. The summed E-state index contributed by atoms with van der Waals surface area (Å²) in [6, 6.07) is 12.8. The molecule has 0 aliphatic carbocycles. The van der Waals surface area contributed by atoms with E-state index < -0.39 is 0 Å². The van der Waals surface area contributed by atoms with Gasteiger partial charge in [0.2, 0.25) is 0 Å². The summed E-state index contributed by atoms with van der Waals surface area (Å²) in [4.78, 5) is 3.82. The molecule has 1 aliphatic heterocycles. The highest BCUT2D eigenvalue weighted by atomic mass is 32.1. The third kappa shape index (κ3) is 3.54. The topological polar surface area (TPSA) is 23.5 Å². The second-order valence-corrected chi connectivity index (χ2v) is 6.35. The van der Waals surface area contributed by atoms with Crippen molar-refractivity contribution in [1.82, 2.24) is 4.90 Å². The van der Waals surface area contributed by atoms with Crippen molar-refractivity contribution < 1.29 is 5.11 Å². The van der Waals surface area contributed by atoms with Crippen LogP contribution in [0, 0.1) is 11.8 Å². The number of rotatable bonds is 3. The summed E-state index contributed by atoms with van der Waals surface area (Å²) in [5.74, 6) is 6.44. The van der Waals surface area contributed by atoms with Gasteiger partial charge in [-0.05, 0) is 35.9 Å². The molecule has 1 aliphatic rings. The van der Waals surface area contributed by atoms with Crippen LogP contribution in [0.1, 0.15) is 28.3 Å². The molecule has 0 saturated carbocycles. The monoisotopic (exact) mass is 297 g/mol. The van der Waals surface area contributed by atoms with E-state index in [1.54, 1.807) is 11.3 Å². The number of aliphatic hydroxyl groups excluding tert-OH is 1. The Morgan fingerprint density at radius 1 is 1.24 bits per heavy atom. The van der Waals surface area contributed by atoms with Crippen LogP contribution in [0.15, 0.2) is 41.8 Å².